The largest absolute Gasteiger partial charge is 0.435 e. The Morgan fingerprint density at radius 2 is 0.893 bits per heavy atom. The lowest BCUT2D eigenvalue weighted by molar-refractivity contribution is -0.384. The standard InChI is InChI=1S/C26H19FN4O5.C23H23FN4O2.C20H17FN2O.C10H9ClN2/c1-14-10-19-21(11-15(14)2)28-13-29-25(19)36-23-9-8-22-20(24(23)27)12-16(3)30(22)26(32)35-18-6-4-17(5-7-18)31(33)34;1-5-8-25-23(29)28-15(4)11-17-19(28)6-7-20(21(17)24)30-22-16-9-13(2)14(3)10-18(16)26-12-27-22;1-11-6-14-4-5-18(19(21)15(14)7-11)24-20-16-8-12(2)13(3)9-17(16)22-10-23-20;1-6-3-8-9(4-7(6)2)12-5-13-10(8)11/h4-13H,1-3H3;6-7,9-12H,5,8H2,1-4H3,(H,25,29);4-5,7-10H,6H2,1-3H3;3-5H,1-2H3. The zero-order valence-electron chi connectivity index (χ0n) is 58.3. The van der Waals surface area contributed by atoms with Crippen molar-refractivity contribution >= 4 is 101 Å². The van der Waals surface area contributed by atoms with Crippen LogP contribution in [0.1, 0.15) is 87.3 Å². The number of halogens is 4. The van der Waals surface area contributed by atoms with Gasteiger partial charge in [-0.3, -0.25) is 14.7 Å². The van der Waals surface area contributed by atoms with Crippen molar-refractivity contribution in [3.63, 3.8) is 0 Å². The first-order valence-corrected chi connectivity index (χ1v) is 33.1. The highest BCUT2D eigenvalue weighted by Gasteiger charge is 2.24. The summed E-state index contributed by atoms with van der Waals surface area (Å²) in [7, 11) is 0. The molecule has 24 heteroatoms. The molecular weight excluding hydrogens is 1340 g/mol. The molecule has 8 aromatic carbocycles. The molecular formula is C79H68ClF3N12O8. The fraction of sp³-hybridized carbons (Fsp3) is 0.190. The molecule has 0 atom stereocenters. The van der Waals surface area contributed by atoms with Crippen LogP contribution in [-0.4, -0.2) is 72.6 Å². The van der Waals surface area contributed by atoms with E-state index >= 15 is 8.78 Å². The fourth-order valence-corrected chi connectivity index (χ4v) is 12.0. The average Bonchev–Trinajstić information content (AvgIpc) is 1.66. The van der Waals surface area contributed by atoms with Crippen LogP contribution in [-0.2, 0) is 6.42 Å². The zero-order valence-corrected chi connectivity index (χ0v) is 59.0. The Labute approximate surface area is 594 Å². The summed E-state index contributed by atoms with van der Waals surface area (Å²) in [6.07, 6.45) is 8.41. The number of nitrogens with one attached hydrogen (secondary N) is 1. The summed E-state index contributed by atoms with van der Waals surface area (Å²) in [5, 5.41) is 17.7. The Morgan fingerprint density at radius 1 is 0.495 bits per heavy atom. The number of non-ortho nitro benzene ring substituents is 1. The zero-order chi connectivity index (χ0) is 73.2. The number of amides is 1. The smallest absolute Gasteiger partial charge is 0.424 e. The van der Waals surface area contributed by atoms with Crippen LogP contribution in [0.15, 0.2) is 152 Å². The minimum absolute atomic E-state index is 0.0480. The first-order valence-electron chi connectivity index (χ1n) is 32.8. The monoisotopic (exact) mass is 1400 g/mol. The SMILES string of the molecule is CC1=Cc2c(ccc(Oc3ncnc4cc(C)c(C)cc34)c2F)C1.CCCNC(=O)n1c(C)cc2c(F)c(Oc3ncnc4cc(C)c(C)cc34)ccc21.Cc1cc2ncnc(Cl)c2cc1C.Cc1cc2ncnc(Oc3ccc4c(cc(C)n4C(=O)Oc4ccc([N+](=O)[O-])cc4)c3F)c2cc1C. The average molecular weight is 1410 g/mol. The van der Waals surface area contributed by atoms with Crippen molar-refractivity contribution in [3.8, 4) is 40.6 Å². The van der Waals surface area contributed by atoms with Gasteiger partial charge in [0.15, 0.2) is 34.7 Å². The van der Waals surface area contributed by atoms with E-state index in [0.717, 1.165) is 84.7 Å². The maximum absolute atomic E-state index is 15.5. The van der Waals surface area contributed by atoms with Crippen LogP contribution >= 0.6 is 11.6 Å². The number of aromatic nitrogens is 10. The van der Waals surface area contributed by atoms with Gasteiger partial charge < -0.3 is 24.3 Å². The molecule has 14 aromatic rings. The third-order valence-electron chi connectivity index (χ3n) is 17.9. The van der Waals surface area contributed by atoms with Gasteiger partial charge in [0.05, 0.1) is 54.2 Å². The minimum atomic E-state index is -0.780. The Balaban J connectivity index is 0.000000136. The van der Waals surface area contributed by atoms with Gasteiger partial charge in [-0.25, -0.2) is 67.2 Å². The van der Waals surface area contributed by atoms with Crippen molar-refractivity contribution in [3.05, 3.63) is 252 Å². The lowest BCUT2D eigenvalue weighted by atomic mass is 10.1. The molecule has 0 saturated heterocycles. The molecule has 520 valence electrons. The van der Waals surface area contributed by atoms with E-state index in [2.05, 4.69) is 59.0 Å². The summed E-state index contributed by atoms with van der Waals surface area (Å²) in [5.41, 5.74) is 16.6. The summed E-state index contributed by atoms with van der Waals surface area (Å²) in [4.78, 5) is 69.1. The van der Waals surface area contributed by atoms with E-state index < -0.39 is 22.7 Å². The van der Waals surface area contributed by atoms with Crippen molar-refractivity contribution in [2.24, 2.45) is 0 Å². The number of carbonyl (C=O) groups is 2. The van der Waals surface area contributed by atoms with Crippen LogP contribution in [0.3, 0.4) is 0 Å². The topological polar surface area (TPSA) is 239 Å². The van der Waals surface area contributed by atoms with Crippen molar-refractivity contribution in [1.29, 1.82) is 0 Å². The molecule has 0 spiro atoms. The molecule has 0 fully saturated rings. The van der Waals surface area contributed by atoms with Gasteiger partial charge in [0.1, 0.15) is 36.2 Å². The van der Waals surface area contributed by atoms with Gasteiger partial charge in [-0.1, -0.05) is 36.2 Å². The van der Waals surface area contributed by atoms with Crippen LogP contribution in [0, 0.1) is 96.8 Å². The highest BCUT2D eigenvalue weighted by molar-refractivity contribution is 6.34. The van der Waals surface area contributed by atoms with Crippen LogP contribution in [0.25, 0.3) is 71.5 Å². The quantitative estimate of drug-likeness (QED) is 0.0760. The number of hydrogen-bond acceptors (Lipinski definition) is 16. The molecule has 1 amide bonds. The summed E-state index contributed by atoms with van der Waals surface area (Å²) in [5.74, 6) is -0.338. The predicted molar refractivity (Wildman–Crippen MR) is 392 cm³/mol. The Hall–Kier alpha value is -12.2. The molecule has 6 aromatic heterocycles. The Morgan fingerprint density at radius 3 is 1.35 bits per heavy atom. The van der Waals surface area contributed by atoms with E-state index in [-0.39, 0.29) is 63.2 Å². The minimum Gasteiger partial charge on any atom is -0.435 e. The predicted octanol–water partition coefficient (Wildman–Crippen LogP) is 19.8. The van der Waals surface area contributed by atoms with Gasteiger partial charge in [0.2, 0.25) is 17.6 Å². The summed E-state index contributed by atoms with van der Waals surface area (Å²) >= 11 is 5.93. The molecule has 20 nitrogen and oxygen atoms in total. The first-order chi connectivity index (χ1) is 49.3. The van der Waals surface area contributed by atoms with Crippen molar-refractivity contribution in [2.45, 2.75) is 95.9 Å². The van der Waals surface area contributed by atoms with Gasteiger partial charge in [-0.2, -0.15) is 0 Å². The number of nitrogens with zero attached hydrogens (tertiary/aromatic N) is 11. The van der Waals surface area contributed by atoms with Gasteiger partial charge in [-0.15, -0.1) is 0 Å². The molecule has 0 unspecified atom stereocenters. The molecule has 1 aliphatic rings. The van der Waals surface area contributed by atoms with Crippen LogP contribution in [0.2, 0.25) is 5.15 Å². The van der Waals surface area contributed by atoms with Crippen molar-refractivity contribution in [2.75, 3.05) is 6.54 Å². The molecule has 0 bridgehead atoms. The number of benzene rings is 8. The maximum Gasteiger partial charge on any atom is 0.424 e. The Bertz CT molecular complexity index is 5790. The molecule has 0 aliphatic heterocycles. The number of hydrogen-bond donors (Lipinski definition) is 1. The number of carbonyl (C=O) groups excluding carboxylic acids is 2. The summed E-state index contributed by atoms with van der Waals surface area (Å²) < 4.78 is 71.1. The van der Waals surface area contributed by atoms with E-state index in [1.54, 1.807) is 38.1 Å². The third-order valence-corrected chi connectivity index (χ3v) is 18.2. The molecule has 6 heterocycles. The molecule has 15 rings (SSSR count). The number of nitro benzene ring substituents is 1. The second kappa shape index (κ2) is 29.5. The van der Waals surface area contributed by atoms with Crippen LogP contribution in [0.5, 0.6) is 40.6 Å². The summed E-state index contributed by atoms with van der Waals surface area (Å²) in [6, 6.07) is 33.5. The number of rotatable bonds is 10. The van der Waals surface area contributed by atoms with E-state index in [4.69, 9.17) is 30.5 Å². The fourth-order valence-electron chi connectivity index (χ4n) is 11.8. The third kappa shape index (κ3) is 14.7. The highest BCUT2D eigenvalue weighted by Crippen LogP contribution is 2.39. The van der Waals surface area contributed by atoms with Gasteiger partial charge in [-0.05, 0) is 242 Å². The van der Waals surface area contributed by atoms with Gasteiger partial charge in [0.25, 0.3) is 5.69 Å². The number of ether oxygens (including phenoxy) is 4. The van der Waals surface area contributed by atoms with Crippen LogP contribution in [0.4, 0.5) is 28.4 Å². The van der Waals surface area contributed by atoms with Gasteiger partial charge in [0, 0.05) is 51.8 Å². The molecule has 0 radical (unpaired) electrons. The lowest BCUT2D eigenvalue weighted by Gasteiger charge is -2.11. The van der Waals surface area contributed by atoms with Crippen LogP contribution < -0.4 is 24.3 Å². The summed E-state index contributed by atoms with van der Waals surface area (Å²) in [6.45, 7) is 24.1. The van der Waals surface area contributed by atoms with E-state index in [9.17, 15) is 24.1 Å². The second-order valence-corrected chi connectivity index (χ2v) is 25.5. The lowest BCUT2D eigenvalue weighted by Crippen LogP contribution is -2.29. The van der Waals surface area contributed by atoms with E-state index in [0.29, 0.717) is 61.7 Å². The molecule has 0 saturated carbocycles. The maximum atomic E-state index is 15.5. The number of allylic oxidation sites excluding steroid dienone is 1. The number of nitro groups is 1. The highest BCUT2D eigenvalue weighted by atomic mass is 35.5. The van der Waals surface area contributed by atoms with E-state index in [1.807, 2.05) is 116 Å². The first kappa shape index (κ1) is 70.6. The molecule has 1 N–H and O–H groups in total. The normalized spacial score (nSPS) is 11.6. The van der Waals surface area contributed by atoms with E-state index in [1.165, 1.54) is 88.0 Å². The number of aryl methyl sites for hydroxylation is 10. The molecule has 103 heavy (non-hydrogen) atoms. The number of fused-ring (bicyclic) bond motifs is 7. The molecule has 1 aliphatic carbocycles. The van der Waals surface area contributed by atoms with Crippen molar-refractivity contribution < 1.29 is 46.6 Å². The van der Waals surface area contributed by atoms with Crippen molar-refractivity contribution in [1.82, 2.24) is 54.3 Å². The second-order valence-electron chi connectivity index (χ2n) is 25.2. The van der Waals surface area contributed by atoms with Gasteiger partial charge >= 0.3 is 12.1 Å². The Kier molecular flexibility index (Phi) is 20.2.